The summed E-state index contributed by atoms with van der Waals surface area (Å²) in [7, 11) is 0. The predicted molar refractivity (Wildman–Crippen MR) is 137 cm³/mol. The van der Waals surface area contributed by atoms with Crippen LogP contribution in [0.2, 0.25) is 0 Å². The Bertz CT molecular complexity index is 577. The summed E-state index contributed by atoms with van der Waals surface area (Å²) in [6.45, 7) is 4.45. The topological polar surface area (TPSA) is 0 Å². The zero-order chi connectivity index (χ0) is 24.1. The lowest BCUT2D eigenvalue weighted by atomic mass is 9.65. The van der Waals surface area contributed by atoms with Gasteiger partial charge in [0.15, 0.2) is 0 Å². The minimum Gasteiger partial charge on any atom is -0.247 e. The van der Waals surface area contributed by atoms with Gasteiger partial charge in [0.2, 0.25) is 0 Å². The van der Waals surface area contributed by atoms with Gasteiger partial charge in [0.1, 0.15) is 18.5 Å². The first-order valence-corrected chi connectivity index (χ1v) is 15.4. The Kier molecular flexibility index (Phi) is 10.1. The maximum atomic E-state index is 15.2. The second kappa shape index (κ2) is 12.8. The molecule has 0 nitrogen and oxygen atoms in total. The van der Waals surface area contributed by atoms with Gasteiger partial charge in [-0.3, -0.25) is 0 Å². The molecule has 0 aliphatic heterocycles. The van der Waals surface area contributed by atoms with Crippen LogP contribution in [0, 0.1) is 47.3 Å². The van der Waals surface area contributed by atoms with Crippen LogP contribution in [0.25, 0.3) is 0 Å². The van der Waals surface area contributed by atoms with Crippen molar-refractivity contribution in [1.29, 1.82) is 0 Å². The average Bonchev–Trinajstić information content (AvgIpc) is 2.86. The van der Waals surface area contributed by atoms with Crippen LogP contribution in [0.4, 0.5) is 13.2 Å². The van der Waals surface area contributed by atoms with Crippen molar-refractivity contribution in [2.24, 2.45) is 47.3 Å². The van der Waals surface area contributed by atoms with Crippen molar-refractivity contribution in [3.05, 3.63) is 0 Å². The van der Waals surface area contributed by atoms with E-state index in [-0.39, 0.29) is 11.8 Å². The molecule has 0 spiro atoms. The molecule has 5 unspecified atom stereocenters. The number of hydrogen-bond acceptors (Lipinski definition) is 0. The second-order valence-corrected chi connectivity index (χ2v) is 13.1. The zero-order valence-corrected chi connectivity index (χ0v) is 22.2. The largest absolute Gasteiger partial charge is 0.247 e. The van der Waals surface area contributed by atoms with Crippen molar-refractivity contribution in [1.82, 2.24) is 0 Å². The lowest BCUT2D eigenvalue weighted by molar-refractivity contribution is -0.0165. The minimum absolute atomic E-state index is 0.0271. The van der Waals surface area contributed by atoms with Gasteiger partial charge in [-0.25, -0.2) is 13.2 Å². The maximum absolute atomic E-state index is 15.2. The van der Waals surface area contributed by atoms with E-state index in [1.807, 2.05) is 0 Å². The highest BCUT2D eigenvalue weighted by Crippen LogP contribution is 2.47. The van der Waals surface area contributed by atoms with E-state index in [0.29, 0.717) is 29.6 Å². The van der Waals surface area contributed by atoms with E-state index in [4.69, 9.17) is 0 Å². The van der Waals surface area contributed by atoms with Gasteiger partial charge < -0.3 is 0 Å². The summed E-state index contributed by atoms with van der Waals surface area (Å²) in [6.07, 6.45) is 16.8. The highest BCUT2D eigenvalue weighted by atomic mass is 19.2. The zero-order valence-electron chi connectivity index (χ0n) is 22.2. The van der Waals surface area contributed by atoms with Gasteiger partial charge in [-0.15, -0.1) is 0 Å². The molecule has 0 saturated heterocycles. The van der Waals surface area contributed by atoms with Gasteiger partial charge in [0, 0.05) is 0 Å². The molecule has 198 valence electrons. The molecular formula is C31H53F3. The molecule has 0 aromatic carbocycles. The second-order valence-electron chi connectivity index (χ2n) is 13.1. The molecule has 0 radical (unpaired) electrons. The van der Waals surface area contributed by atoms with Gasteiger partial charge in [-0.05, 0) is 112 Å². The van der Waals surface area contributed by atoms with Crippen molar-refractivity contribution in [2.75, 3.05) is 0 Å². The van der Waals surface area contributed by atoms with Crippen LogP contribution in [0.5, 0.6) is 0 Å². The third kappa shape index (κ3) is 6.56. The van der Waals surface area contributed by atoms with Gasteiger partial charge in [-0.2, -0.15) is 0 Å². The summed E-state index contributed by atoms with van der Waals surface area (Å²) < 4.78 is 45.2. The standard InChI is InChI=1S/C31H53F3/c1-3-5-22-6-14-25(15-7-22)28-19-17-26(30(33)31(28)34)16-10-23-8-12-24(13-9-23)27-18-11-21(4-2)20-29(27)32/h21-31H,3-20H2,1-2H3/t21?,22?,23?,24?,25?,26-,27?,28?,29?,30?,31+/m0/s1. The van der Waals surface area contributed by atoms with E-state index in [2.05, 4.69) is 13.8 Å². The van der Waals surface area contributed by atoms with Crippen molar-refractivity contribution >= 4 is 0 Å². The smallest absolute Gasteiger partial charge is 0.134 e. The Hall–Kier alpha value is -0.210. The summed E-state index contributed by atoms with van der Waals surface area (Å²) in [5.74, 6) is 3.26. The van der Waals surface area contributed by atoms with E-state index in [9.17, 15) is 4.39 Å². The van der Waals surface area contributed by atoms with Crippen LogP contribution in [-0.2, 0) is 0 Å². The third-order valence-corrected chi connectivity index (χ3v) is 11.2. The quantitative estimate of drug-likeness (QED) is 0.323. The summed E-state index contributed by atoms with van der Waals surface area (Å²) in [6, 6.07) is 0. The highest BCUT2D eigenvalue weighted by molar-refractivity contribution is 4.93. The van der Waals surface area contributed by atoms with E-state index >= 15 is 8.78 Å². The molecule has 4 aliphatic carbocycles. The molecule has 34 heavy (non-hydrogen) atoms. The van der Waals surface area contributed by atoms with Crippen molar-refractivity contribution in [3.8, 4) is 0 Å². The fraction of sp³-hybridized carbons (Fsp3) is 1.00. The molecule has 0 N–H and O–H groups in total. The SMILES string of the molecule is CCCC1CCC(C2CC[C@H](CCC3CCC(C4CCC(CC)CC4F)CC3)C(F)[C@@H]2F)CC1. The van der Waals surface area contributed by atoms with E-state index in [1.165, 1.54) is 44.9 Å². The lowest BCUT2D eigenvalue weighted by Crippen LogP contribution is -2.42. The van der Waals surface area contributed by atoms with Crippen LogP contribution in [0.3, 0.4) is 0 Å². The molecule has 0 bridgehead atoms. The molecule has 4 fully saturated rings. The van der Waals surface area contributed by atoms with Crippen LogP contribution >= 0.6 is 0 Å². The van der Waals surface area contributed by atoms with Gasteiger partial charge in [0.25, 0.3) is 0 Å². The Morgan fingerprint density at radius 1 is 0.529 bits per heavy atom. The third-order valence-electron chi connectivity index (χ3n) is 11.2. The molecule has 4 rings (SSSR count). The molecule has 0 amide bonds. The van der Waals surface area contributed by atoms with Crippen LogP contribution in [0.15, 0.2) is 0 Å². The minimum atomic E-state index is -1.25. The van der Waals surface area contributed by atoms with Crippen LogP contribution in [0.1, 0.15) is 129 Å². The van der Waals surface area contributed by atoms with Crippen molar-refractivity contribution in [2.45, 2.75) is 148 Å². The summed E-state index contributed by atoms with van der Waals surface area (Å²) in [5, 5.41) is 0. The summed E-state index contributed by atoms with van der Waals surface area (Å²) in [4.78, 5) is 0. The first-order valence-electron chi connectivity index (χ1n) is 15.4. The predicted octanol–water partition coefficient (Wildman–Crippen LogP) is 10.0. The fourth-order valence-electron chi connectivity index (χ4n) is 8.81. The van der Waals surface area contributed by atoms with Gasteiger partial charge >= 0.3 is 0 Å². The molecular weight excluding hydrogens is 429 g/mol. The Balaban J connectivity index is 1.16. The number of rotatable bonds is 8. The number of hydrogen-bond donors (Lipinski definition) is 0. The summed E-state index contributed by atoms with van der Waals surface area (Å²) in [5.41, 5.74) is 0. The molecule has 3 heteroatoms. The number of halogens is 3. The lowest BCUT2D eigenvalue weighted by Gasteiger charge is -2.42. The van der Waals surface area contributed by atoms with Gasteiger partial charge in [-0.1, -0.05) is 65.2 Å². The Morgan fingerprint density at radius 3 is 1.68 bits per heavy atom. The molecule has 4 aliphatic rings. The van der Waals surface area contributed by atoms with Crippen molar-refractivity contribution in [3.63, 3.8) is 0 Å². The van der Waals surface area contributed by atoms with Gasteiger partial charge in [0.05, 0.1) is 0 Å². The number of alkyl halides is 3. The first-order chi connectivity index (χ1) is 16.5. The summed E-state index contributed by atoms with van der Waals surface area (Å²) >= 11 is 0. The van der Waals surface area contributed by atoms with Crippen LogP contribution < -0.4 is 0 Å². The molecule has 7 atom stereocenters. The molecule has 0 aromatic heterocycles. The van der Waals surface area contributed by atoms with E-state index in [1.54, 1.807) is 0 Å². The highest BCUT2D eigenvalue weighted by Gasteiger charge is 2.44. The van der Waals surface area contributed by atoms with Crippen LogP contribution in [-0.4, -0.2) is 18.5 Å². The maximum Gasteiger partial charge on any atom is 0.134 e. The molecule has 0 heterocycles. The first kappa shape index (κ1) is 26.8. The average molecular weight is 483 g/mol. The normalized spacial score (nSPS) is 46.3. The Labute approximate surface area is 208 Å². The fourth-order valence-corrected chi connectivity index (χ4v) is 8.81. The monoisotopic (exact) mass is 482 g/mol. The van der Waals surface area contributed by atoms with E-state index < -0.39 is 18.5 Å². The molecule has 4 saturated carbocycles. The van der Waals surface area contributed by atoms with E-state index in [0.717, 1.165) is 76.5 Å². The van der Waals surface area contributed by atoms with Crippen molar-refractivity contribution < 1.29 is 13.2 Å². The molecule has 0 aromatic rings. The Morgan fingerprint density at radius 2 is 1.09 bits per heavy atom.